The summed E-state index contributed by atoms with van der Waals surface area (Å²) in [5.41, 5.74) is 2.54. The van der Waals surface area contributed by atoms with E-state index < -0.39 is 5.97 Å². The zero-order valence-electron chi connectivity index (χ0n) is 9.58. The minimum absolute atomic E-state index is 0.0838. The second kappa shape index (κ2) is 3.84. The van der Waals surface area contributed by atoms with Gasteiger partial charge in [-0.15, -0.1) is 0 Å². The SMILES string of the molecule is O=C(O)C1CCc2cccc(Br)c2C12CCC2. The fraction of sp³-hybridized carbons (Fsp3) is 0.500. The highest BCUT2D eigenvalue weighted by Gasteiger charge is 2.52. The van der Waals surface area contributed by atoms with Crippen LogP contribution in [0.3, 0.4) is 0 Å². The van der Waals surface area contributed by atoms with Crippen LogP contribution in [-0.4, -0.2) is 11.1 Å². The predicted octanol–water partition coefficient (Wildman–Crippen LogP) is 3.52. The summed E-state index contributed by atoms with van der Waals surface area (Å²) in [6, 6.07) is 6.25. The van der Waals surface area contributed by atoms with Gasteiger partial charge in [-0.1, -0.05) is 34.5 Å². The van der Waals surface area contributed by atoms with Crippen molar-refractivity contribution < 1.29 is 9.90 Å². The lowest BCUT2D eigenvalue weighted by Crippen LogP contribution is -2.48. The maximum atomic E-state index is 11.5. The summed E-state index contributed by atoms with van der Waals surface area (Å²) >= 11 is 3.62. The average Bonchev–Trinajstić information content (AvgIpc) is 2.25. The number of aryl methyl sites for hydroxylation is 1. The summed E-state index contributed by atoms with van der Waals surface area (Å²) in [4.78, 5) is 11.5. The van der Waals surface area contributed by atoms with Crippen LogP contribution in [0.5, 0.6) is 0 Å². The van der Waals surface area contributed by atoms with E-state index >= 15 is 0 Å². The highest BCUT2D eigenvalue weighted by molar-refractivity contribution is 9.10. The molecule has 3 rings (SSSR count). The van der Waals surface area contributed by atoms with Gasteiger partial charge in [-0.05, 0) is 42.9 Å². The Labute approximate surface area is 109 Å². The standard InChI is InChI=1S/C14H15BrO2/c15-11-4-1-3-9-5-6-10(13(16)17)14(12(9)11)7-2-8-14/h1,3-4,10H,2,5-8H2,(H,16,17). The molecule has 1 spiro atoms. The van der Waals surface area contributed by atoms with Crippen molar-refractivity contribution >= 4 is 21.9 Å². The van der Waals surface area contributed by atoms with Crippen LogP contribution in [0, 0.1) is 5.92 Å². The van der Waals surface area contributed by atoms with Gasteiger partial charge in [0.1, 0.15) is 0 Å². The van der Waals surface area contributed by atoms with E-state index in [4.69, 9.17) is 0 Å². The van der Waals surface area contributed by atoms with Crippen molar-refractivity contribution in [3.8, 4) is 0 Å². The normalized spacial score (nSPS) is 25.1. The van der Waals surface area contributed by atoms with Crippen molar-refractivity contribution in [3.05, 3.63) is 33.8 Å². The van der Waals surface area contributed by atoms with E-state index in [1.54, 1.807) is 0 Å². The molecule has 0 aliphatic heterocycles. The summed E-state index contributed by atoms with van der Waals surface area (Å²) in [5.74, 6) is -0.812. The second-order valence-electron chi connectivity index (χ2n) is 5.21. The van der Waals surface area contributed by atoms with Crippen LogP contribution in [0.4, 0.5) is 0 Å². The van der Waals surface area contributed by atoms with E-state index in [2.05, 4.69) is 28.1 Å². The molecule has 0 saturated heterocycles. The van der Waals surface area contributed by atoms with E-state index in [-0.39, 0.29) is 11.3 Å². The molecule has 2 aliphatic rings. The van der Waals surface area contributed by atoms with Crippen molar-refractivity contribution in [1.29, 1.82) is 0 Å². The third kappa shape index (κ3) is 1.48. The fourth-order valence-corrected chi connectivity index (χ4v) is 4.40. The Bertz CT molecular complexity index is 477. The van der Waals surface area contributed by atoms with Crippen LogP contribution < -0.4 is 0 Å². The minimum atomic E-state index is -0.619. The van der Waals surface area contributed by atoms with Gasteiger partial charge >= 0.3 is 5.97 Å². The van der Waals surface area contributed by atoms with Gasteiger partial charge in [0, 0.05) is 9.89 Å². The topological polar surface area (TPSA) is 37.3 Å². The number of hydrogen-bond acceptors (Lipinski definition) is 1. The highest BCUT2D eigenvalue weighted by Crippen LogP contribution is 2.56. The van der Waals surface area contributed by atoms with Crippen LogP contribution in [0.1, 0.15) is 36.8 Å². The van der Waals surface area contributed by atoms with Gasteiger partial charge in [0.25, 0.3) is 0 Å². The number of fused-ring (bicyclic) bond motifs is 2. The zero-order chi connectivity index (χ0) is 12.0. The molecule has 90 valence electrons. The molecule has 0 heterocycles. The van der Waals surface area contributed by atoms with Gasteiger partial charge in [0.2, 0.25) is 0 Å². The molecule has 1 atom stereocenters. The first-order valence-corrected chi connectivity index (χ1v) is 6.95. The molecule has 1 aromatic rings. The fourth-order valence-electron chi connectivity index (χ4n) is 3.60. The van der Waals surface area contributed by atoms with Crippen LogP contribution >= 0.6 is 15.9 Å². The smallest absolute Gasteiger partial charge is 0.307 e. The Balaban J connectivity index is 2.16. The first kappa shape index (κ1) is 11.3. The highest BCUT2D eigenvalue weighted by atomic mass is 79.9. The number of halogens is 1. The van der Waals surface area contributed by atoms with Gasteiger partial charge in [-0.2, -0.15) is 0 Å². The van der Waals surface area contributed by atoms with E-state index in [1.807, 2.05) is 6.07 Å². The summed E-state index contributed by atoms with van der Waals surface area (Å²) in [5, 5.41) is 9.44. The molecule has 0 aromatic heterocycles. The van der Waals surface area contributed by atoms with Crippen molar-refractivity contribution in [2.75, 3.05) is 0 Å². The molecule has 1 N–H and O–H groups in total. The summed E-state index contributed by atoms with van der Waals surface area (Å²) in [6.45, 7) is 0. The Morgan fingerprint density at radius 2 is 2.18 bits per heavy atom. The van der Waals surface area contributed by atoms with Gasteiger partial charge in [0.05, 0.1) is 5.92 Å². The summed E-state index contributed by atoms with van der Waals surface area (Å²) in [7, 11) is 0. The third-order valence-corrected chi connectivity index (χ3v) is 5.17. The molecular formula is C14H15BrO2. The molecule has 1 aromatic carbocycles. The Kier molecular flexibility index (Phi) is 2.54. The lowest BCUT2D eigenvalue weighted by molar-refractivity contribution is -0.147. The molecule has 0 radical (unpaired) electrons. The van der Waals surface area contributed by atoms with Crippen molar-refractivity contribution in [1.82, 2.24) is 0 Å². The number of hydrogen-bond donors (Lipinski definition) is 1. The lowest BCUT2D eigenvalue weighted by Gasteiger charge is -2.50. The largest absolute Gasteiger partial charge is 0.481 e. The van der Waals surface area contributed by atoms with Crippen LogP contribution in [0.2, 0.25) is 0 Å². The van der Waals surface area contributed by atoms with E-state index in [0.29, 0.717) is 0 Å². The molecule has 17 heavy (non-hydrogen) atoms. The van der Waals surface area contributed by atoms with E-state index in [1.165, 1.54) is 11.1 Å². The first-order chi connectivity index (χ1) is 8.15. The van der Waals surface area contributed by atoms with Gasteiger partial charge in [0.15, 0.2) is 0 Å². The predicted molar refractivity (Wildman–Crippen MR) is 69.1 cm³/mol. The molecule has 0 amide bonds. The molecule has 2 nitrogen and oxygen atoms in total. The minimum Gasteiger partial charge on any atom is -0.481 e. The summed E-state index contributed by atoms with van der Waals surface area (Å²) in [6.07, 6.45) is 4.90. The number of carbonyl (C=O) groups is 1. The molecule has 1 fully saturated rings. The van der Waals surface area contributed by atoms with E-state index in [0.717, 1.165) is 36.6 Å². The average molecular weight is 295 g/mol. The molecule has 1 saturated carbocycles. The van der Waals surface area contributed by atoms with Crippen molar-refractivity contribution in [2.45, 2.75) is 37.5 Å². The van der Waals surface area contributed by atoms with Crippen LogP contribution in [-0.2, 0) is 16.6 Å². The van der Waals surface area contributed by atoms with Crippen LogP contribution in [0.15, 0.2) is 22.7 Å². The molecule has 0 bridgehead atoms. The van der Waals surface area contributed by atoms with Gasteiger partial charge in [-0.25, -0.2) is 0 Å². The van der Waals surface area contributed by atoms with E-state index in [9.17, 15) is 9.90 Å². The number of aliphatic carboxylic acids is 1. The van der Waals surface area contributed by atoms with Crippen molar-refractivity contribution in [3.63, 3.8) is 0 Å². The molecule has 3 heteroatoms. The van der Waals surface area contributed by atoms with Gasteiger partial charge < -0.3 is 5.11 Å². The quantitative estimate of drug-likeness (QED) is 0.860. The zero-order valence-corrected chi connectivity index (χ0v) is 11.2. The maximum absolute atomic E-state index is 11.5. The molecule has 1 unspecified atom stereocenters. The number of benzene rings is 1. The summed E-state index contributed by atoms with van der Waals surface area (Å²) < 4.78 is 1.10. The Morgan fingerprint density at radius 3 is 2.76 bits per heavy atom. The first-order valence-electron chi connectivity index (χ1n) is 6.16. The number of carboxylic acids is 1. The maximum Gasteiger partial charge on any atom is 0.307 e. The Morgan fingerprint density at radius 1 is 1.41 bits per heavy atom. The Hall–Kier alpha value is -0.830. The molecular weight excluding hydrogens is 280 g/mol. The third-order valence-electron chi connectivity index (χ3n) is 4.51. The molecule has 2 aliphatic carbocycles. The monoisotopic (exact) mass is 294 g/mol. The lowest BCUT2D eigenvalue weighted by atomic mass is 9.53. The number of rotatable bonds is 1. The second-order valence-corrected chi connectivity index (χ2v) is 6.07. The van der Waals surface area contributed by atoms with Crippen LogP contribution in [0.25, 0.3) is 0 Å². The van der Waals surface area contributed by atoms with Gasteiger partial charge in [-0.3, -0.25) is 4.79 Å². The number of carboxylic acid groups (broad SMARTS) is 1. The van der Waals surface area contributed by atoms with Crippen molar-refractivity contribution in [2.24, 2.45) is 5.92 Å².